The Bertz CT molecular complexity index is 1310. The number of Topliss-reactive ketones (excluding diaryl/α,β-unsaturated/α-hetero) is 1. The van der Waals surface area contributed by atoms with Gasteiger partial charge in [0, 0.05) is 31.4 Å². The molecule has 33 heavy (non-hydrogen) atoms. The number of carbonyl (C=O) groups is 2. The fourth-order valence-electron chi connectivity index (χ4n) is 4.10. The van der Waals surface area contributed by atoms with Gasteiger partial charge in [-0.3, -0.25) is 24.1 Å². The summed E-state index contributed by atoms with van der Waals surface area (Å²) in [5.74, 6) is -1.97. The molecular formula is C23H23N5O5. The summed E-state index contributed by atoms with van der Waals surface area (Å²) in [6, 6.07) is 10.1. The molecule has 1 aliphatic rings. The van der Waals surface area contributed by atoms with Crippen molar-refractivity contribution in [3.8, 4) is 0 Å². The quantitative estimate of drug-likeness (QED) is 0.202. The SMILES string of the molecule is Cc1nc2ccccn2c1/C(O)=C1\C(=O)C(=O)N(CCN(C)C)[C@H]1c1cccc([N+](=O)[O-])c1. The van der Waals surface area contributed by atoms with Crippen molar-refractivity contribution in [1.29, 1.82) is 0 Å². The zero-order valence-corrected chi connectivity index (χ0v) is 18.4. The summed E-state index contributed by atoms with van der Waals surface area (Å²) in [5.41, 5.74) is 1.44. The highest BCUT2D eigenvalue weighted by molar-refractivity contribution is 6.46. The zero-order valence-electron chi connectivity index (χ0n) is 18.4. The highest BCUT2D eigenvalue weighted by atomic mass is 16.6. The number of benzene rings is 1. The van der Waals surface area contributed by atoms with Crippen LogP contribution >= 0.6 is 0 Å². The van der Waals surface area contributed by atoms with Gasteiger partial charge in [-0.1, -0.05) is 18.2 Å². The Hall–Kier alpha value is -4.05. The van der Waals surface area contributed by atoms with Crippen molar-refractivity contribution in [2.24, 2.45) is 0 Å². The second-order valence-corrected chi connectivity index (χ2v) is 8.12. The number of likely N-dealkylation sites (N-methyl/N-ethyl adjacent to an activating group) is 1. The topological polar surface area (TPSA) is 121 Å². The first-order valence-corrected chi connectivity index (χ1v) is 10.3. The van der Waals surface area contributed by atoms with Gasteiger partial charge in [-0.2, -0.15) is 0 Å². The van der Waals surface area contributed by atoms with Gasteiger partial charge in [0.25, 0.3) is 17.4 Å². The number of aliphatic hydroxyl groups is 1. The number of ketones is 1. The number of hydrogen-bond acceptors (Lipinski definition) is 7. The van der Waals surface area contributed by atoms with E-state index >= 15 is 0 Å². The Morgan fingerprint density at radius 3 is 2.67 bits per heavy atom. The molecule has 1 amide bonds. The number of aromatic nitrogens is 2. The molecule has 1 aliphatic heterocycles. The van der Waals surface area contributed by atoms with Gasteiger partial charge < -0.3 is 14.9 Å². The Morgan fingerprint density at radius 1 is 1.21 bits per heavy atom. The third-order valence-corrected chi connectivity index (χ3v) is 5.65. The van der Waals surface area contributed by atoms with Crippen molar-refractivity contribution >= 4 is 28.8 Å². The number of rotatable bonds is 6. The number of fused-ring (bicyclic) bond motifs is 1. The number of nitro groups is 1. The lowest BCUT2D eigenvalue weighted by Crippen LogP contribution is -2.35. The largest absolute Gasteiger partial charge is 0.505 e. The zero-order chi connectivity index (χ0) is 23.9. The van der Waals surface area contributed by atoms with Gasteiger partial charge in [0.2, 0.25) is 0 Å². The normalized spacial score (nSPS) is 17.9. The summed E-state index contributed by atoms with van der Waals surface area (Å²) in [7, 11) is 3.67. The van der Waals surface area contributed by atoms with Crippen molar-refractivity contribution in [3.05, 3.63) is 81.3 Å². The standard InChI is InChI=1S/C23H23N5O5/c1-14-19(26-10-5-4-9-17(26)24-14)21(29)18-20(15-7-6-8-16(13-15)28(32)33)27(12-11-25(2)3)23(31)22(18)30/h4-10,13,20,29H,11-12H2,1-3H3/b21-18+/t20-/m0/s1. The first kappa shape index (κ1) is 22.2. The van der Waals surface area contributed by atoms with E-state index in [1.54, 1.807) is 41.8 Å². The summed E-state index contributed by atoms with van der Waals surface area (Å²) >= 11 is 0. The van der Waals surface area contributed by atoms with Crippen LogP contribution in [0.4, 0.5) is 5.69 Å². The molecule has 0 radical (unpaired) electrons. The molecule has 1 aromatic carbocycles. The minimum Gasteiger partial charge on any atom is -0.505 e. The number of nitrogens with zero attached hydrogens (tertiary/aromatic N) is 5. The van der Waals surface area contributed by atoms with Crippen LogP contribution in [0.3, 0.4) is 0 Å². The lowest BCUT2D eigenvalue weighted by atomic mass is 9.96. The number of pyridine rings is 1. The molecule has 2 aromatic heterocycles. The number of carbonyl (C=O) groups excluding carboxylic acids is 2. The first-order chi connectivity index (χ1) is 15.7. The van der Waals surface area contributed by atoms with Crippen LogP contribution in [0.5, 0.6) is 0 Å². The van der Waals surface area contributed by atoms with Crippen LogP contribution in [0.2, 0.25) is 0 Å². The van der Waals surface area contributed by atoms with Gasteiger partial charge in [-0.05, 0) is 38.7 Å². The fraction of sp³-hybridized carbons (Fsp3) is 0.261. The van der Waals surface area contributed by atoms with Crippen LogP contribution < -0.4 is 0 Å². The van der Waals surface area contributed by atoms with Crippen molar-refractivity contribution < 1.29 is 19.6 Å². The second-order valence-electron chi connectivity index (χ2n) is 8.12. The van der Waals surface area contributed by atoms with Gasteiger partial charge in [-0.15, -0.1) is 0 Å². The van der Waals surface area contributed by atoms with E-state index in [0.29, 0.717) is 29.1 Å². The highest BCUT2D eigenvalue weighted by Gasteiger charge is 2.46. The van der Waals surface area contributed by atoms with E-state index in [4.69, 9.17) is 0 Å². The Labute approximate surface area is 189 Å². The molecule has 0 bridgehead atoms. The van der Waals surface area contributed by atoms with Gasteiger partial charge in [-0.25, -0.2) is 4.98 Å². The molecule has 170 valence electrons. The van der Waals surface area contributed by atoms with E-state index in [0.717, 1.165) is 0 Å². The van der Waals surface area contributed by atoms with Crippen LogP contribution in [0.1, 0.15) is 23.0 Å². The van der Waals surface area contributed by atoms with E-state index < -0.39 is 22.7 Å². The molecule has 0 aliphatic carbocycles. The third-order valence-electron chi connectivity index (χ3n) is 5.65. The summed E-state index contributed by atoms with van der Waals surface area (Å²) in [4.78, 5) is 44.6. The summed E-state index contributed by atoms with van der Waals surface area (Å²) in [6.45, 7) is 2.37. The van der Waals surface area contributed by atoms with Gasteiger partial charge in [0.05, 0.1) is 22.2 Å². The van der Waals surface area contributed by atoms with E-state index in [1.807, 2.05) is 19.0 Å². The maximum Gasteiger partial charge on any atom is 0.295 e. The summed E-state index contributed by atoms with van der Waals surface area (Å²) < 4.78 is 1.64. The van der Waals surface area contributed by atoms with Gasteiger partial charge >= 0.3 is 0 Å². The molecule has 1 atom stereocenters. The Balaban J connectivity index is 1.95. The molecule has 0 spiro atoms. The predicted octanol–water partition coefficient (Wildman–Crippen LogP) is 2.53. The van der Waals surface area contributed by atoms with E-state index in [-0.39, 0.29) is 23.6 Å². The number of nitro benzene ring substituents is 1. The predicted molar refractivity (Wildman–Crippen MR) is 121 cm³/mol. The molecule has 3 heterocycles. The van der Waals surface area contributed by atoms with E-state index in [9.17, 15) is 24.8 Å². The van der Waals surface area contributed by atoms with Crippen LogP contribution in [-0.2, 0) is 9.59 Å². The minimum absolute atomic E-state index is 0.118. The molecule has 1 saturated heterocycles. The minimum atomic E-state index is -0.974. The van der Waals surface area contributed by atoms with Crippen LogP contribution in [0.15, 0.2) is 54.2 Å². The summed E-state index contributed by atoms with van der Waals surface area (Å²) in [5, 5.41) is 22.7. The Morgan fingerprint density at radius 2 is 1.97 bits per heavy atom. The molecule has 4 rings (SSSR count). The maximum atomic E-state index is 13.2. The van der Waals surface area contributed by atoms with E-state index in [1.165, 1.54) is 23.1 Å². The van der Waals surface area contributed by atoms with Crippen molar-refractivity contribution in [2.45, 2.75) is 13.0 Å². The molecule has 10 nitrogen and oxygen atoms in total. The Kier molecular flexibility index (Phi) is 5.69. The molecule has 0 unspecified atom stereocenters. The molecule has 10 heteroatoms. The lowest BCUT2D eigenvalue weighted by molar-refractivity contribution is -0.384. The maximum absolute atomic E-state index is 13.2. The van der Waals surface area contributed by atoms with Crippen LogP contribution in [0, 0.1) is 17.0 Å². The van der Waals surface area contributed by atoms with Crippen LogP contribution in [0.25, 0.3) is 11.4 Å². The van der Waals surface area contributed by atoms with Crippen molar-refractivity contribution in [1.82, 2.24) is 19.2 Å². The molecule has 1 fully saturated rings. The number of aliphatic hydroxyl groups excluding tert-OH is 1. The van der Waals surface area contributed by atoms with Crippen molar-refractivity contribution in [3.63, 3.8) is 0 Å². The van der Waals surface area contributed by atoms with Gasteiger partial charge in [0.1, 0.15) is 11.3 Å². The lowest BCUT2D eigenvalue weighted by Gasteiger charge is -2.26. The average Bonchev–Trinajstić information content (AvgIpc) is 3.25. The molecular weight excluding hydrogens is 426 g/mol. The monoisotopic (exact) mass is 449 g/mol. The number of likely N-dealkylation sites (tertiary alicyclic amines) is 1. The molecule has 0 saturated carbocycles. The fourth-order valence-corrected chi connectivity index (χ4v) is 4.10. The smallest absolute Gasteiger partial charge is 0.295 e. The third kappa shape index (κ3) is 3.85. The number of imidazole rings is 1. The van der Waals surface area contributed by atoms with Gasteiger partial charge in [0.15, 0.2) is 5.76 Å². The molecule has 3 aromatic rings. The average molecular weight is 449 g/mol. The highest BCUT2D eigenvalue weighted by Crippen LogP contribution is 2.40. The number of non-ortho nitro benzene ring substituents is 1. The summed E-state index contributed by atoms with van der Waals surface area (Å²) in [6.07, 6.45) is 1.70. The van der Waals surface area contributed by atoms with E-state index in [2.05, 4.69) is 4.98 Å². The molecule has 1 N–H and O–H groups in total. The first-order valence-electron chi connectivity index (χ1n) is 10.3. The number of amides is 1. The number of aryl methyl sites for hydroxylation is 1. The van der Waals surface area contributed by atoms with Crippen LogP contribution in [-0.4, -0.2) is 68.1 Å². The van der Waals surface area contributed by atoms with Crippen molar-refractivity contribution in [2.75, 3.05) is 27.2 Å². The number of hydrogen-bond donors (Lipinski definition) is 1. The second kappa shape index (κ2) is 8.47.